The van der Waals surface area contributed by atoms with Gasteiger partial charge in [0.1, 0.15) is 5.75 Å². The quantitative estimate of drug-likeness (QED) is 0.832. The summed E-state index contributed by atoms with van der Waals surface area (Å²) in [5.41, 5.74) is 1.65. The summed E-state index contributed by atoms with van der Waals surface area (Å²) in [7, 11) is 1.57. The standard InChI is InChI=1S/C14H16N2O2/c1-10(2)13-6-4-11(8-15-13)16-9-12(18-3)5-7-14(16)17/h4-10H,1-3H3. The molecule has 2 heterocycles. The van der Waals surface area contributed by atoms with Crippen LogP contribution in [0.5, 0.6) is 5.75 Å². The van der Waals surface area contributed by atoms with E-state index in [1.54, 1.807) is 25.6 Å². The van der Waals surface area contributed by atoms with Crippen LogP contribution >= 0.6 is 0 Å². The fraction of sp³-hybridized carbons (Fsp3) is 0.286. The van der Waals surface area contributed by atoms with Crippen molar-refractivity contribution >= 4 is 0 Å². The first-order valence-electron chi connectivity index (χ1n) is 5.85. The minimum absolute atomic E-state index is 0.102. The lowest BCUT2D eigenvalue weighted by Crippen LogP contribution is -2.16. The number of rotatable bonds is 3. The van der Waals surface area contributed by atoms with Gasteiger partial charge in [-0.1, -0.05) is 13.8 Å². The maximum absolute atomic E-state index is 11.8. The molecule has 0 spiro atoms. The zero-order chi connectivity index (χ0) is 13.1. The lowest BCUT2D eigenvalue weighted by Gasteiger charge is -2.09. The Morgan fingerprint density at radius 2 is 2.00 bits per heavy atom. The summed E-state index contributed by atoms with van der Waals surface area (Å²) in [5.74, 6) is 1.02. The second-order valence-corrected chi connectivity index (χ2v) is 4.37. The van der Waals surface area contributed by atoms with E-state index in [-0.39, 0.29) is 5.56 Å². The third-order valence-electron chi connectivity index (χ3n) is 2.76. The molecule has 0 aliphatic carbocycles. The van der Waals surface area contributed by atoms with Crippen LogP contribution in [0.2, 0.25) is 0 Å². The molecular weight excluding hydrogens is 228 g/mol. The highest BCUT2D eigenvalue weighted by atomic mass is 16.5. The number of ether oxygens (including phenoxy) is 1. The number of hydrogen-bond acceptors (Lipinski definition) is 3. The van der Waals surface area contributed by atoms with Crippen LogP contribution in [0.25, 0.3) is 5.69 Å². The van der Waals surface area contributed by atoms with Crippen LogP contribution < -0.4 is 10.3 Å². The van der Waals surface area contributed by atoms with Gasteiger partial charge in [-0.15, -0.1) is 0 Å². The molecule has 0 radical (unpaired) electrons. The van der Waals surface area contributed by atoms with Crippen LogP contribution in [0.15, 0.2) is 41.5 Å². The summed E-state index contributed by atoms with van der Waals surface area (Å²) in [4.78, 5) is 16.1. The summed E-state index contributed by atoms with van der Waals surface area (Å²) < 4.78 is 6.64. The fourth-order valence-corrected chi connectivity index (χ4v) is 1.67. The Balaban J connectivity index is 2.45. The highest BCUT2D eigenvalue weighted by Gasteiger charge is 2.04. The minimum atomic E-state index is -0.102. The van der Waals surface area contributed by atoms with E-state index in [4.69, 9.17) is 4.74 Å². The molecule has 0 unspecified atom stereocenters. The predicted octanol–water partition coefficient (Wildman–Crippen LogP) is 2.36. The lowest BCUT2D eigenvalue weighted by molar-refractivity contribution is 0.411. The Morgan fingerprint density at radius 3 is 2.56 bits per heavy atom. The second-order valence-electron chi connectivity index (χ2n) is 4.37. The van der Waals surface area contributed by atoms with Crippen molar-refractivity contribution < 1.29 is 4.74 Å². The molecule has 0 amide bonds. The lowest BCUT2D eigenvalue weighted by atomic mass is 10.1. The Hall–Kier alpha value is -2.10. The van der Waals surface area contributed by atoms with Crippen molar-refractivity contribution in [2.24, 2.45) is 0 Å². The van der Waals surface area contributed by atoms with E-state index in [1.165, 1.54) is 10.6 Å². The van der Waals surface area contributed by atoms with Crippen LogP contribution in [-0.2, 0) is 0 Å². The Morgan fingerprint density at radius 1 is 1.22 bits per heavy atom. The zero-order valence-corrected chi connectivity index (χ0v) is 10.8. The average Bonchev–Trinajstić information content (AvgIpc) is 2.39. The van der Waals surface area contributed by atoms with Gasteiger partial charge in [0.25, 0.3) is 5.56 Å². The van der Waals surface area contributed by atoms with Gasteiger partial charge < -0.3 is 4.74 Å². The monoisotopic (exact) mass is 244 g/mol. The first-order chi connectivity index (χ1) is 8.61. The molecule has 4 nitrogen and oxygen atoms in total. The van der Waals surface area contributed by atoms with Gasteiger partial charge >= 0.3 is 0 Å². The molecule has 2 rings (SSSR count). The van der Waals surface area contributed by atoms with Crippen molar-refractivity contribution in [2.45, 2.75) is 19.8 Å². The largest absolute Gasteiger partial charge is 0.495 e. The van der Waals surface area contributed by atoms with Gasteiger partial charge in [-0.05, 0) is 24.1 Å². The van der Waals surface area contributed by atoms with E-state index >= 15 is 0 Å². The van der Waals surface area contributed by atoms with E-state index in [2.05, 4.69) is 18.8 Å². The molecule has 2 aromatic heterocycles. The molecule has 0 bridgehead atoms. The SMILES string of the molecule is COc1ccc(=O)n(-c2ccc(C(C)C)nc2)c1. The number of methoxy groups -OCH3 is 1. The predicted molar refractivity (Wildman–Crippen MR) is 70.5 cm³/mol. The zero-order valence-electron chi connectivity index (χ0n) is 10.8. The smallest absolute Gasteiger partial charge is 0.255 e. The van der Waals surface area contributed by atoms with E-state index < -0.39 is 0 Å². The molecular formula is C14H16N2O2. The van der Waals surface area contributed by atoms with Gasteiger partial charge in [0.15, 0.2) is 0 Å². The second kappa shape index (κ2) is 5.04. The van der Waals surface area contributed by atoms with E-state index in [1.807, 2.05) is 12.1 Å². The van der Waals surface area contributed by atoms with Gasteiger partial charge in [-0.3, -0.25) is 14.3 Å². The number of pyridine rings is 2. The number of nitrogens with zero attached hydrogens (tertiary/aromatic N) is 2. The summed E-state index contributed by atoms with van der Waals surface area (Å²) in [5, 5.41) is 0. The van der Waals surface area contributed by atoms with Crippen LogP contribution in [0.3, 0.4) is 0 Å². The van der Waals surface area contributed by atoms with Crippen LogP contribution in [0.1, 0.15) is 25.5 Å². The van der Waals surface area contributed by atoms with Crippen LogP contribution in [0, 0.1) is 0 Å². The molecule has 0 aliphatic heterocycles. The highest BCUT2D eigenvalue weighted by Crippen LogP contribution is 2.14. The molecule has 0 aliphatic rings. The van der Waals surface area contributed by atoms with Gasteiger partial charge in [0.05, 0.1) is 25.2 Å². The van der Waals surface area contributed by atoms with Crippen molar-refractivity contribution in [3.05, 3.63) is 52.7 Å². The van der Waals surface area contributed by atoms with Crippen molar-refractivity contribution in [1.29, 1.82) is 0 Å². The van der Waals surface area contributed by atoms with E-state index in [9.17, 15) is 4.79 Å². The molecule has 0 saturated heterocycles. The molecule has 0 atom stereocenters. The van der Waals surface area contributed by atoms with E-state index in [0.29, 0.717) is 11.7 Å². The van der Waals surface area contributed by atoms with Crippen molar-refractivity contribution in [3.8, 4) is 11.4 Å². The third-order valence-corrected chi connectivity index (χ3v) is 2.76. The summed E-state index contributed by atoms with van der Waals surface area (Å²) in [6.45, 7) is 4.17. The van der Waals surface area contributed by atoms with E-state index in [0.717, 1.165) is 11.4 Å². The van der Waals surface area contributed by atoms with Gasteiger partial charge in [0, 0.05) is 11.8 Å². The molecule has 2 aromatic rings. The Kier molecular flexibility index (Phi) is 3.46. The molecule has 18 heavy (non-hydrogen) atoms. The minimum Gasteiger partial charge on any atom is -0.495 e. The molecule has 0 fully saturated rings. The van der Waals surface area contributed by atoms with Crippen LogP contribution in [0.4, 0.5) is 0 Å². The maximum atomic E-state index is 11.8. The molecule has 0 aromatic carbocycles. The highest BCUT2D eigenvalue weighted by molar-refractivity contribution is 5.33. The Labute approximate surface area is 106 Å². The molecule has 0 saturated carbocycles. The summed E-state index contributed by atoms with van der Waals surface area (Å²) >= 11 is 0. The maximum Gasteiger partial charge on any atom is 0.255 e. The third kappa shape index (κ3) is 2.42. The Bertz CT molecular complexity index is 585. The van der Waals surface area contributed by atoms with Gasteiger partial charge in [-0.2, -0.15) is 0 Å². The first-order valence-corrected chi connectivity index (χ1v) is 5.85. The molecule has 0 N–H and O–H groups in total. The van der Waals surface area contributed by atoms with Gasteiger partial charge in [0.2, 0.25) is 0 Å². The fourth-order valence-electron chi connectivity index (χ4n) is 1.67. The number of hydrogen-bond donors (Lipinski definition) is 0. The molecule has 4 heteroatoms. The van der Waals surface area contributed by atoms with Crippen molar-refractivity contribution in [1.82, 2.24) is 9.55 Å². The normalized spacial score (nSPS) is 10.7. The average molecular weight is 244 g/mol. The number of aromatic nitrogens is 2. The topological polar surface area (TPSA) is 44.1 Å². The van der Waals surface area contributed by atoms with Gasteiger partial charge in [-0.25, -0.2) is 0 Å². The van der Waals surface area contributed by atoms with Crippen molar-refractivity contribution in [3.63, 3.8) is 0 Å². The molecule has 94 valence electrons. The summed E-state index contributed by atoms with van der Waals surface area (Å²) in [6.07, 6.45) is 3.37. The van der Waals surface area contributed by atoms with Crippen LogP contribution in [-0.4, -0.2) is 16.7 Å². The van der Waals surface area contributed by atoms with Crippen molar-refractivity contribution in [2.75, 3.05) is 7.11 Å². The first kappa shape index (κ1) is 12.4. The summed E-state index contributed by atoms with van der Waals surface area (Å²) in [6, 6.07) is 6.96.